The largest absolute Gasteiger partial charge is 0.384 e. The third kappa shape index (κ3) is 3.62. The summed E-state index contributed by atoms with van der Waals surface area (Å²) in [5, 5.41) is 0.988. The molecular weight excluding hydrogens is 442 g/mol. The van der Waals surface area contributed by atoms with Crippen LogP contribution >= 0.6 is 23.4 Å². The fourth-order valence-corrected chi connectivity index (χ4v) is 6.29. The van der Waals surface area contributed by atoms with Crippen LogP contribution in [-0.4, -0.2) is 34.6 Å². The van der Waals surface area contributed by atoms with E-state index >= 15 is 0 Å². The third-order valence-corrected chi connectivity index (χ3v) is 8.50. The first-order valence-corrected chi connectivity index (χ1v) is 12.1. The molecule has 2 aliphatic heterocycles. The van der Waals surface area contributed by atoms with E-state index in [0.29, 0.717) is 20.8 Å². The zero-order chi connectivity index (χ0) is 22.5. The minimum absolute atomic E-state index is 0.0329. The number of hydrogen-bond donors (Lipinski definition) is 2. The molecule has 0 bridgehead atoms. The van der Waals surface area contributed by atoms with Crippen molar-refractivity contribution in [2.45, 2.75) is 37.3 Å². The first-order valence-electron chi connectivity index (χ1n) is 10.9. The Morgan fingerprint density at radius 1 is 1.19 bits per heavy atom. The number of halogens is 1. The van der Waals surface area contributed by atoms with Gasteiger partial charge in [0.1, 0.15) is 16.7 Å². The van der Waals surface area contributed by atoms with E-state index in [1.165, 1.54) is 22.9 Å². The molecule has 8 heteroatoms. The maximum absolute atomic E-state index is 13.1. The minimum atomic E-state index is -0.314. The van der Waals surface area contributed by atoms with E-state index in [9.17, 15) is 4.79 Å². The van der Waals surface area contributed by atoms with Crippen molar-refractivity contribution >= 4 is 40.8 Å². The lowest BCUT2D eigenvalue weighted by atomic mass is 9.73. The summed E-state index contributed by atoms with van der Waals surface area (Å²) in [7, 11) is 0. The van der Waals surface area contributed by atoms with Crippen LogP contribution < -0.4 is 11.5 Å². The van der Waals surface area contributed by atoms with E-state index in [1.54, 1.807) is 18.3 Å². The molecule has 0 saturated carbocycles. The normalized spacial score (nSPS) is 24.3. The smallest absolute Gasteiger partial charge is 0.181 e. The lowest BCUT2D eigenvalue weighted by molar-refractivity contribution is -0.116. The van der Waals surface area contributed by atoms with Crippen molar-refractivity contribution in [1.29, 1.82) is 0 Å². The zero-order valence-corrected chi connectivity index (χ0v) is 19.5. The molecule has 1 fully saturated rings. The number of benzene rings is 1. The molecule has 0 radical (unpaired) electrons. The number of pyridine rings is 1. The molecule has 1 spiro atoms. The number of nitrogens with two attached hydrogens (primary N) is 2. The number of likely N-dealkylation sites (tertiary alicyclic amines) is 1. The second-order valence-corrected chi connectivity index (χ2v) is 10.3. The van der Waals surface area contributed by atoms with Crippen LogP contribution in [0.15, 0.2) is 57.5 Å². The van der Waals surface area contributed by atoms with Crippen molar-refractivity contribution < 1.29 is 4.79 Å². The molecule has 3 aliphatic rings. The molecule has 1 unspecified atom stereocenters. The number of aromatic nitrogens is 1. The number of allylic oxidation sites excluding steroid dienone is 1. The highest BCUT2D eigenvalue weighted by Crippen LogP contribution is 2.50. The van der Waals surface area contributed by atoms with Gasteiger partial charge in [-0.05, 0) is 54.9 Å². The molecule has 5 rings (SSSR count). The molecule has 1 aromatic carbocycles. The number of Topliss-reactive ketones (excluding diaryl/α,β-unsaturated/α-hetero) is 1. The van der Waals surface area contributed by atoms with Crippen molar-refractivity contribution in [1.82, 2.24) is 9.88 Å². The summed E-state index contributed by atoms with van der Waals surface area (Å²) in [6.45, 7) is 3.64. The molecular formula is C24H26ClN5OS. The van der Waals surface area contributed by atoms with E-state index in [4.69, 9.17) is 28.1 Å². The van der Waals surface area contributed by atoms with Crippen molar-refractivity contribution in [3.63, 3.8) is 0 Å². The predicted molar refractivity (Wildman–Crippen MR) is 130 cm³/mol. The van der Waals surface area contributed by atoms with Gasteiger partial charge in [-0.1, -0.05) is 47.6 Å². The van der Waals surface area contributed by atoms with Gasteiger partial charge in [-0.15, -0.1) is 0 Å². The highest BCUT2D eigenvalue weighted by atomic mass is 35.5. The van der Waals surface area contributed by atoms with Crippen molar-refractivity contribution in [3.8, 4) is 0 Å². The lowest BCUT2D eigenvalue weighted by Gasteiger charge is -2.44. The second-order valence-electron chi connectivity index (χ2n) is 8.89. The van der Waals surface area contributed by atoms with Gasteiger partial charge in [0.15, 0.2) is 5.78 Å². The predicted octanol–water partition coefficient (Wildman–Crippen LogP) is 4.21. The number of fused-ring (bicyclic) bond motifs is 1. The van der Waals surface area contributed by atoms with Crippen LogP contribution in [0, 0.1) is 11.3 Å². The molecule has 3 heterocycles. The van der Waals surface area contributed by atoms with Gasteiger partial charge in [-0.2, -0.15) is 0 Å². The first kappa shape index (κ1) is 21.5. The van der Waals surface area contributed by atoms with Crippen LogP contribution in [0.4, 0.5) is 5.82 Å². The number of piperidine rings is 1. The molecule has 1 aliphatic carbocycles. The van der Waals surface area contributed by atoms with Crippen LogP contribution in [0.3, 0.4) is 0 Å². The van der Waals surface area contributed by atoms with Gasteiger partial charge in [0.2, 0.25) is 0 Å². The van der Waals surface area contributed by atoms with Gasteiger partial charge < -0.3 is 16.4 Å². The monoisotopic (exact) mass is 467 g/mol. The Bertz CT molecular complexity index is 1140. The van der Waals surface area contributed by atoms with Crippen LogP contribution in [0.1, 0.15) is 36.9 Å². The van der Waals surface area contributed by atoms with Gasteiger partial charge in [-0.3, -0.25) is 4.79 Å². The maximum Gasteiger partial charge on any atom is 0.181 e. The molecule has 0 amide bonds. The third-order valence-electron chi connectivity index (χ3n) is 7.06. The average Bonchev–Trinajstić information content (AvgIpc) is 3.06. The van der Waals surface area contributed by atoms with E-state index in [-0.39, 0.29) is 23.2 Å². The Kier molecular flexibility index (Phi) is 5.51. The fourth-order valence-electron chi connectivity index (χ4n) is 5.16. The summed E-state index contributed by atoms with van der Waals surface area (Å²) in [4.78, 5) is 24.8. The topological polar surface area (TPSA) is 97.6 Å². The van der Waals surface area contributed by atoms with Crippen molar-refractivity contribution in [2.24, 2.45) is 22.1 Å². The van der Waals surface area contributed by atoms with Gasteiger partial charge in [0.25, 0.3) is 0 Å². The number of amidine groups is 1. The van der Waals surface area contributed by atoms with E-state index in [0.717, 1.165) is 38.2 Å². The Morgan fingerprint density at radius 3 is 2.69 bits per heavy atom. The minimum Gasteiger partial charge on any atom is -0.384 e. The molecule has 2 aromatic rings. The number of anilines is 1. The summed E-state index contributed by atoms with van der Waals surface area (Å²) in [5.41, 5.74) is 15.2. The summed E-state index contributed by atoms with van der Waals surface area (Å²) >= 11 is 7.44. The lowest BCUT2D eigenvalue weighted by Crippen LogP contribution is -2.49. The molecule has 2 atom stereocenters. The quantitative estimate of drug-likeness (QED) is 0.686. The molecule has 1 aromatic heterocycles. The van der Waals surface area contributed by atoms with Crippen LogP contribution in [-0.2, 0) is 11.2 Å². The second kappa shape index (κ2) is 8.21. The Hall–Kier alpha value is -2.35. The Balaban J connectivity index is 1.31. The van der Waals surface area contributed by atoms with Crippen molar-refractivity contribution in [2.75, 3.05) is 18.8 Å². The number of carbonyl (C=O) groups is 1. The summed E-state index contributed by atoms with van der Waals surface area (Å²) in [6, 6.07) is 11.9. The first-order chi connectivity index (χ1) is 15.4. The van der Waals surface area contributed by atoms with Gasteiger partial charge >= 0.3 is 0 Å². The average molecular weight is 468 g/mol. The number of nitrogens with zero attached hydrogens (tertiary/aromatic N) is 3. The standard InChI is InChI=1S/C24H26ClN5OS/c1-14-20(31)18(32-23-17(25)6-7-19(26)29-23)13-28-22(14)30-10-8-24(9-11-30)12-15-4-2-3-5-16(15)21(24)27/h2-7,13-14,21H,8-12,27H2,1H3,(H2,26,29)/t14-,21?/m1/s1. The number of ketones is 1. The molecule has 4 N–H and O–H groups in total. The summed E-state index contributed by atoms with van der Waals surface area (Å²) in [5.74, 6) is 0.925. The molecule has 6 nitrogen and oxygen atoms in total. The Labute approximate surface area is 197 Å². The van der Waals surface area contributed by atoms with E-state index < -0.39 is 0 Å². The molecule has 32 heavy (non-hydrogen) atoms. The Morgan fingerprint density at radius 2 is 1.94 bits per heavy atom. The fraction of sp³-hybridized carbons (Fsp3) is 0.375. The number of thioether (sulfide) groups is 1. The molecule has 1 saturated heterocycles. The van der Waals surface area contributed by atoms with Crippen molar-refractivity contribution in [3.05, 3.63) is 63.7 Å². The summed E-state index contributed by atoms with van der Waals surface area (Å²) < 4.78 is 0. The summed E-state index contributed by atoms with van der Waals surface area (Å²) in [6.07, 6.45) is 4.67. The zero-order valence-electron chi connectivity index (χ0n) is 17.9. The van der Waals surface area contributed by atoms with Gasteiger partial charge in [-0.25, -0.2) is 9.98 Å². The van der Waals surface area contributed by atoms with E-state index in [1.807, 2.05) is 6.92 Å². The molecule has 166 valence electrons. The number of aliphatic imine (C=N–C) groups is 1. The van der Waals surface area contributed by atoms with Gasteiger partial charge in [0, 0.05) is 25.3 Å². The van der Waals surface area contributed by atoms with Gasteiger partial charge in [0.05, 0.1) is 15.8 Å². The number of carbonyl (C=O) groups excluding carboxylic acids is 1. The number of rotatable bonds is 2. The maximum atomic E-state index is 13.1. The van der Waals surface area contributed by atoms with Crippen LogP contribution in [0.25, 0.3) is 0 Å². The number of hydrogen-bond acceptors (Lipinski definition) is 7. The number of nitrogen functional groups attached to an aromatic ring is 1. The van der Waals surface area contributed by atoms with Crippen LogP contribution in [0.2, 0.25) is 5.02 Å². The van der Waals surface area contributed by atoms with Crippen LogP contribution in [0.5, 0.6) is 0 Å². The SMILES string of the molecule is C[C@@H]1C(=O)C(Sc2nc(N)ccc2Cl)=CN=C1N1CCC2(CC1)Cc1ccccc1C2N. The highest BCUT2D eigenvalue weighted by molar-refractivity contribution is 8.04. The van der Waals surface area contributed by atoms with E-state index in [2.05, 4.69) is 34.1 Å². The highest BCUT2D eigenvalue weighted by Gasteiger charge is 2.46.